The standard InChI is InChI=1S/C12H8ClNO2/c13-11-3-1-8(2-4-11)9-5-10(12(15)16)7-14-6-9/h1-7H,(H,15,16). The van der Waals surface area contributed by atoms with Gasteiger partial charge in [-0.3, -0.25) is 4.98 Å². The SMILES string of the molecule is O=C(O)c1cncc(-c2ccc(Cl)cc2)c1. The van der Waals surface area contributed by atoms with Crippen molar-refractivity contribution in [2.45, 2.75) is 0 Å². The van der Waals surface area contributed by atoms with E-state index >= 15 is 0 Å². The molecule has 0 saturated heterocycles. The van der Waals surface area contributed by atoms with Crippen LogP contribution in [0.3, 0.4) is 0 Å². The molecule has 3 nitrogen and oxygen atoms in total. The lowest BCUT2D eigenvalue weighted by Gasteiger charge is -2.02. The highest BCUT2D eigenvalue weighted by molar-refractivity contribution is 6.30. The molecule has 0 unspecified atom stereocenters. The maximum Gasteiger partial charge on any atom is 0.337 e. The van der Waals surface area contributed by atoms with Crippen molar-refractivity contribution >= 4 is 17.6 Å². The van der Waals surface area contributed by atoms with E-state index in [0.717, 1.165) is 11.1 Å². The molecule has 80 valence electrons. The van der Waals surface area contributed by atoms with Gasteiger partial charge < -0.3 is 5.11 Å². The minimum Gasteiger partial charge on any atom is -0.478 e. The van der Waals surface area contributed by atoms with Crippen LogP contribution in [0.15, 0.2) is 42.7 Å². The Morgan fingerprint density at radius 1 is 1.12 bits per heavy atom. The molecular weight excluding hydrogens is 226 g/mol. The highest BCUT2D eigenvalue weighted by atomic mass is 35.5. The van der Waals surface area contributed by atoms with Crippen LogP contribution in [0.5, 0.6) is 0 Å². The van der Waals surface area contributed by atoms with Crippen molar-refractivity contribution in [3.8, 4) is 11.1 Å². The molecule has 16 heavy (non-hydrogen) atoms. The zero-order chi connectivity index (χ0) is 11.5. The van der Waals surface area contributed by atoms with Gasteiger partial charge in [-0.15, -0.1) is 0 Å². The summed E-state index contributed by atoms with van der Waals surface area (Å²) in [4.78, 5) is 14.7. The number of carboxylic acid groups (broad SMARTS) is 1. The van der Waals surface area contributed by atoms with Crippen molar-refractivity contribution in [2.24, 2.45) is 0 Å². The molecule has 4 heteroatoms. The van der Waals surface area contributed by atoms with Crippen molar-refractivity contribution in [1.82, 2.24) is 4.98 Å². The van der Waals surface area contributed by atoms with E-state index in [1.807, 2.05) is 12.1 Å². The van der Waals surface area contributed by atoms with Crippen LogP contribution in [0.4, 0.5) is 0 Å². The molecule has 0 fully saturated rings. The quantitative estimate of drug-likeness (QED) is 0.867. The minimum atomic E-state index is -0.983. The first kappa shape index (κ1) is 10.6. The summed E-state index contributed by atoms with van der Waals surface area (Å²) >= 11 is 5.77. The van der Waals surface area contributed by atoms with Gasteiger partial charge in [-0.1, -0.05) is 23.7 Å². The highest BCUT2D eigenvalue weighted by Crippen LogP contribution is 2.21. The van der Waals surface area contributed by atoms with Crippen LogP contribution in [-0.4, -0.2) is 16.1 Å². The molecule has 0 atom stereocenters. The number of nitrogens with zero attached hydrogens (tertiary/aromatic N) is 1. The number of benzene rings is 1. The molecule has 0 amide bonds. The summed E-state index contributed by atoms with van der Waals surface area (Å²) in [5, 5.41) is 9.48. The second kappa shape index (κ2) is 4.33. The number of carboxylic acids is 1. The second-order valence-corrected chi connectivity index (χ2v) is 3.71. The Labute approximate surface area is 97.3 Å². The molecule has 0 radical (unpaired) electrons. The van der Waals surface area contributed by atoms with Gasteiger partial charge in [-0.2, -0.15) is 0 Å². The average Bonchev–Trinajstić information content (AvgIpc) is 2.30. The molecule has 0 aliphatic carbocycles. The van der Waals surface area contributed by atoms with Crippen LogP contribution in [0.2, 0.25) is 5.02 Å². The van der Waals surface area contributed by atoms with Crippen molar-refractivity contribution in [2.75, 3.05) is 0 Å². The summed E-state index contributed by atoms with van der Waals surface area (Å²) in [5.74, 6) is -0.983. The van der Waals surface area contributed by atoms with Gasteiger partial charge in [0.25, 0.3) is 0 Å². The number of hydrogen-bond donors (Lipinski definition) is 1. The van der Waals surface area contributed by atoms with Gasteiger partial charge in [0.15, 0.2) is 0 Å². The van der Waals surface area contributed by atoms with E-state index < -0.39 is 5.97 Å². The van der Waals surface area contributed by atoms with E-state index in [4.69, 9.17) is 16.7 Å². The Balaban J connectivity index is 2.44. The number of hydrogen-bond acceptors (Lipinski definition) is 2. The fraction of sp³-hybridized carbons (Fsp3) is 0. The van der Waals surface area contributed by atoms with E-state index in [2.05, 4.69) is 4.98 Å². The summed E-state index contributed by atoms with van der Waals surface area (Å²) in [5.41, 5.74) is 1.82. The number of rotatable bonds is 2. The van der Waals surface area contributed by atoms with Gasteiger partial charge >= 0.3 is 5.97 Å². The number of halogens is 1. The predicted molar refractivity (Wildman–Crippen MR) is 61.6 cm³/mol. The van der Waals surface area contributed by atoms with Crippen molar-refractivity contribution in [3.63, 3.8) is 0 Å². The molecule has 0 spiro atoms. The third-order valence-electron chi connectivity index (χ3n) is 2.16. The van der Waals surface area contributed by atoms with Crippen LogP contribution < -0.4 is 0 Å². The smallest absolute Gasteiger partial charge is 0.337 e. The van der Waals surface area contributed by atoms with E-state index in [0.29, 0.717) is 5.02 Å². The maximum atomic E-state index is 10.8. The van der Waals surface area contributed by atoms with Crippen LogP contribution >= 0.6 is 11.6 Å². The van der Waals surface area contributed by atoms with Gasteiger partial charge in [0.2, 0.25) is 0 Å². The average molecular weight is 234 g/mol. The Kier molecular flexibility index (Phi) is 2.88. The van der Waals surface area contributed by atoms with Crippen molar-refractivity contribution < 1.29 is 9.90 Å². The summed E-state index contributed by atoms with van der Waals surface area (Å²) in [7, 11) is 0. The fourth-order valence-electron chi connectivity index (χ4n) is 1.36. The van der Waals surface area contributed by atoms with E-state index in [1.165, 1.54) is 6.20 Å². The van der Waals surface area contributed by atoms with Gasteiger partial charge in [-0.25, -0.2) is 4.79 Å². The zero-order valence-electron chi connectivity index (χ0n) is 8.22. The first-order valence-corrected chi connectivity index (χ1v) is 4.99. The van der Waals surface area contributed by atoms with E-state index in [9.17, 15) is 4.79 Å². The summed E-state index contributed by atoms with van der Waals surface area (Å²) < 4.78 is 0. The Morgan fingerprint density at radius 2 is 1.81 bits per heavy atom. The normalized spacial score (nSPS) is 10.1. The lowest BCUT2D eigenvalue weighted by Crippen LogP contribution is -1.97. The lowest BCUT2D eigenvalue weighted by atomic mass is 10.1. The molecular formula is C12H8ClNO2. The third-order valence-corrected chi connectivity index (χ3v) is 2.41. The molecule has 0 saturated carbocycles. The van der Waals surface area contributed by atoms with E-state index in [-0.39, 0.29) is 5.56 Å². The van der Waals surface area contributed by atoms with Gasteiger partial charge in [-0.05, 0) is 23.8 Å². The Bertz CT molecular complexity index is 523. The molecule has 2 rings (SSSR count). The van der Waals surface area contributed by atoms with Crippen LogP contribution in [0, 0.1) is 0 Å². The first-order chi connectivity index (χ1) is 7.66. The van der Waals surface area contributed by atoms with Crippen LogP contribution in [0.25, 0.3) is 11.1 Å². The zero-order valence-corrected chi connectivity index (χ0v) is 8.98. The number of aromatic carboxylic acids is 1. The monoisotopic (exact) mass is 233 g/mol. The predicted octanol–water partition coefficient (Wildman–Crippen LogP) is 3.10. The molecule has 0 bridgehead atoms. The van der Waals surface area contributed by atoms with Crippen molar-refractivity contribution in [1.29, 1.82) is 0 Å². The van der Waals surface area contributed by atoms with Gasteiger partial charge in [0.05, 0.1) is 5.56 Å². The van der Waals surface area contributed by atoms with Crippen LogP contribution in [-0.2, 0) is 0 Å². The largest absolute Gasteiger partial charge is 0.478 e. The summed E-state index contributed by atoms with van der Waals surface area (Å²) in [6.45, 7) is 0. The molecule has 0 aliphatic heterocycles. The molecule has 1 N–H and O–H groups in total. The maximum absolute atomic E-state index is 10.8. The van der Waals surface area contributed by atoms with Gasteiger partial charge in [0, 0.05) is 23.0 Å². The minimum absolute atomic E-state index is 0.174. The molecule has 1 aromatic carbocycles. The summed E-state index contributed by atoms with van der Waals surface area (Å²) in [6.07, 6.45) is 2.94. The Morgan fingerprint density at radius 3 is 2.44 bits per heavy atom. The number of aromatic nitrogens is 1. The highest BCUT2D eigenvalue weighted by Gasteiger charge is 2.05. The van der Waals surface area contributed by atoms with Crippen LogP contribution in [0.1, 0.15) is 10.4 Å². The van der Waals surface area contributed by atoms with Gasteiger partial charge in [0.1, 0.15) is 0 Å². The first-order valence-electron chi connectivity index (χ1n) is 4.61. The van der Waals surface area contributed by atoms with Crippen molar-refractivity contribution in [3.05, 3.63) is 53.3 Å². The molecule has 0 aliphatic rings. The third kappa shape index (κ3) is 2.20. The fourth-order valence-corrected chi connectivity index (χ4v) is 1.48. The number of carbonyl (C=O) groups is 1. The lowest BCUT2D eigenvalue weighted by molar-refractivity contribution is 0.0696. The number of pyridine rings is 1. The van der Waals surface area contributed by atoms with E-state index in [1.54, 1.807) is 24.4 Å². The topological polar surface area (TPSA) is 50.2 Å². The molecule has 2 aromatic rings. The second-order valence-electron chi connectivity index (χ2n) is 3.27. The Hall–Kier alpha value is -1.87. The summed E-state index contributed by atoms with van der Waals surface area (Å²) in [6, 6.07) is 8.74. The molecule has 1 aromatic heterocycles. The molecule has 1 heterocycles.